The molecule has 0 saturated carbocycles. The summed E-state index contributed by atoms with van der Waals surface area (Å²) in [6, 6.07) is 6.48. The maximum absolute atomic E-state index is 11.5. The molecule has 1 rings (SSSR count). The van der Waals surface area contributed by atoms with E-state index < -0.39 is 18.0 Å². The monoisotopic (exact) mass is 328 g/mol. The van der Waals surface area contributed by atoms with E-state index in [1.54, 1.807) is 38.1 Å². The molecule has 120 valence electrons. The summed E-state index contributed by atoms with van der Waals surface area (Å²) in [5.41, 5.74) is 0.527. The molecule has 0 heterocycles. The van der Waals surface area contributed by atoms with Gasteiger partial charge < -0.3 is 14.8 Å². The summed E-state index contributed by atoms with van der Waals surface area (Å²) in [6.45, 7) is 3.19. The number of nitrogens with one attached hydrogen (secondary N) is 2. The molecule has 8 heteroatoms. The van der Waals surface area contributed by atoms with Crippen LogP contribution in [0.25, 0.3) is 0 Å². The van der Waals surface area contributed by atoms with E-state index >= 15 is 0 Å². The van der Waals surface area contributed by atoms with Crippen molar-refractivity contribution < 1.29 is 23.9 Å². The van der Waals surface area contributed by atoms with Gasteiger partial charge in [0.25, 0.3) is 0 Å². The standard InChI is InChI=1S/C14H17ClN2O5/c1-9(2)22-13(19)12(18)16-7-8-21-14(20)17-11-5-3-10(15)4-6-11/h3-6,9H,7-8H2,1-2H3,(H,16,18)(H,17,20). The minimum Gasteiger partial charge on any atom is -0.456 e. The van der Waals surface area contributed by atoms with Gasteiger partial charge in [-0.2, -0.15) is 0 Å². The number of carbonyl (C=O) groups is 3. The average molecular weight is 329 g/mol. The van der Waals surface area contributed by atoms with E-state index in [9.17, 15) is 14.4 Å². The van der Waals surface area contributed by atoms with Crippen LogP contribution in [0.1, 0.15) is 13.8 Å². The molecule has 0 unspecified atom stereocenters. The molecule has 0 aliphatic heterocycles. The Morgan fingerprint density at radius 3 is 2.41 bits per heavy atom. The summed E-state index contributed by atoms with van der Waals surface area (Å²) < 4.78 is 9.53. The maximum atomic E-state index is 11.5. The van der Waals surface area contributed by atoms with Crippen molar-refractivity contribution in [2.75, 3.05) is 18.5 Å². The van der Waals surface area contributed by atoms with Gasteiger partial charge in [-0.15, -0.1) is 0 Å². The van der Waals surface area contributed by atoms with Crippen LogP contribution in [-0.2, 0) is 19.1 Å². The van der Waals surface area contributed by atoms with E-state index in [0.29, 0.717) is 10.7 Å². The van der Waals surface area contributed by atoms with Crippen LogP contribution in [0.3, 0.4) is 0 Å². The van der Waals surface area contributed by atoms with Gasteiger partial charge in [-0.25, -0.2) is 9.59 Å². The van der Waals surface area contributed by atoms with Gasteiger partial charge in [0.05, 0.1) is 12.6 Å². The van der Waals surface area contributed by atoms with Crippen molar-refractivity contribution in [3.05, 3.63) is 29.3 Å². The van der Waals surface area contributed by atoms with Gasteiger partial charge in [0, 0.05) is 10.7 Å². The minimum atomic E-state index is -0.972. The molecule has 22 heavy (non-hydrogen) atoms. The third-order valence-corrected chi connectivity index (χ3v) is 2.49. The van der Waals surface area contributed by atoms with Crippen LogP contribution >= 0.6 is 11.6 Å². The zero-order valence-corrected chi connectivity index (χ0v) is 13.0. The molecule has 2 N–H and O–H groups in total. The summed E-state index contributed by atoms with van der Waals surface area (Å²) in [7, 11) is 0. The van der Waals surface area contributed by atoms with Crippen molar-refractivity contribution in [2.45, 2.75) is 20.0 Å². The van der Waals surface area contributed by atoms with Gasteiger partial charge in [0.1, 0.15) is 6.61 Å². The van der Waals surface area contributed by atoms with Crippen LogP contribution in [0.4, 0.5) is 10.5 Å². The molecule has 0 aliphatic rings. The molecule has 0 aromatic heterocycles. The zero-order chi connectivity index (χ0) is 16.5. The van der Waals surface area contributed by atoms with Crippen molar-refractivity contribution in [2.24, 2.45) is 0 Å². The number of benzene rings is 1. The van der Waals surface area contributed by atoms with E-state index in [0.717, 1.165) is 0 Å². The fourth-order valence-corrected chi connectivity index (χ4v) is 1.46. The van der Waals surface area contributed by atoms with Crippen molar-refractivity contribution in [1.29, 1.82) is 0 Å². The average Bonchev–Trinajstić information content (AvgIpc) is 2.45. The number of anilines is 1. The van der Waals surface area contributed by atoms with Gasteiger partial charge >= 0.3 is 18.0 Å². The van der Waals surface area contributed by atoms with E-state index in [-0.39, 0.29) is 19.3 Å². The molecule has 7 nitrogen and oxygen atoms in total. The van der Waals surface area contributed by atoms with Gasteiger partial charge in [-0.05, 0) is 38.1 Å². The van der Waals surface area contributed by atoms with Crippen molar-refractivity contribution in [3.8, 4) is 0 Å². The molecule has 1 aromatic rings. The van der Waals surface area contributed by atoms with Crippen LogP contribution in [0.15, 0.2) is 24.3 Å². The lowest BCUT2D eigenvalue weighted by Crippen LogP contribution is -2.36. The van der Waals surface area contributed by atoms with Crippen molar-refractivity contribution >= 4 is 35.3 Å². The molecule has 0 radical (unpaired) electrons. The van der Waals surface area contributed by atoms with Crippen molar-refractivity contribution in [3.63, 3.8) is 0 Å². The van der Waals surface area contributed by atoms with Crippen LogP contribution in [0, 0.1) is 0 Å². The highest BCUT2D eigenvalue weighted by molar-refractivity contribution is 6.32. The number of hydrogen-bond acceptors (Lipinski definition) is 5. The summed E-state index contributed by atoms with van der Waals surface area (Å²) in [5.74, 6) is -1.85. The Morgan fingerprint density at radius 1 is 1.18 bits per heavy atom. The van der Waals surface area contributed by atoms with Gasteiger partial charge in [-0.3, -0.25) is 10.1 Å². The van der Waals surface area contributed by atoms with Crippen LogP contribution < -0.4 is 10.6 Å². The molecule has 0 bridgehead atoms. The lowest BCUT2D eigenvalue weighted by molar-refractivity contribution is -0.157. The third-order valence-electron chi connectivity index (χ3n) is 2.24. The minimum absolute atomic E-state index is 0.0000659. The Balaban J connectivity index is 2.21. The Labute approximate surface area is 132 Å². The van der Waals surface area contributed by atoms with E-state index in [4.69, 9.17) is 21.1 Å². The maximum Gasteiger partial charge on any atom is 0.411 e. The first kappa shape index (κ1) is 17.8. The second kappa shape index (κ2) is 8.89. The molecule has 0 aliphatic carbocycles. The second-order valence-electron chi connectivity index (χ2n) is 4.48. The lowest BCUT2D eigenvalue weighted by atomic mass is 10.3. The van der Waals surface area contributed by atoms with E-state index in [1.165, 1.54) is 0 Å². The molecule has 2 amide bonds. The van der Waals surface area contributed by atoms with Crippen LogP contribution in [-0.4, -0.2) is 37.2 Å². The first-order valence-electron chi connectivity index (χ1n) is 6.56. The molecule has 0 saturated heterocycles. The number of hydrogen-bond donors (Lipinski definition) is 2. The number of amides is 2. The number of halogens is 1. The Hall–Kier alpha value is -2.28. The topological polar surface area (TPSA) is 93.7 Å². The SMILES string of the molecule is CC(C)OC(=O)C(=O)NCCOC(=O)Nc1ccc(Cl)cc1. The molecule has 0 fully saturated rings. The molecule has 0 spiro atoms. The normalized spacial score (nSPS) is 10.0. The highest BCUT2D eigenvalue weighted by Gasteiger charge is 2.16. The first-order valence-corrected chi connectivity index (χ1v) is 6.94. The number of ether oxygens (including phenoxy) is 2. The molecular weight excluding hydrogens is 312 g/mol. The third kappa shape index (κ3) is 6.94. The van der Waals surface area contributed by atoms with Gasteiger partial charge in [0.15, 0.2) is 0 Å². The second-order valence-corrected chi connectivity index (χ2v) is 4.91. The summed E-state index contributed by atoms with van der Waals surface area (Å²) in [4.78, 5) is 33.9. The number of rotatable bonds is 5. The zero-order valence-electron chi connectivity index (χ0n) is 12.2. The van der Waals surface area contributed by atoms with E-state index in [1.807, 2.05) is 0 Å². The smallest absolute Gasteiger partial charge is 0.411 e. The fraction of sp³-hybridized carbons (Fsp3) is 0.357. The largest absolute Gasteiger partial charge is 0.456 e. The predicted octanol–water partition coefficient (Wildman–Crippen LogP) is 1.96. The number of esters is 1. The highest BCUT2D eigenvalue weighted by atomic mass is 35.5. The predicted molar refractivity (Wildman–Crippen MR) is 80.7 cm³/mol. The summed E-state index contributed by atoms with van der Waals surface area (Å²) >= 11 is 5.72. The fourth-order valence-electron chi connectivity index (χ4n) is 1.34. The number of carbonyl (C=O) groups excluding carboxylic acids is 3. The van der Waals surface area contributed by atoms with Gasteiger partial charge in [-0.1, -0.05) is 11.6 Å². The summed E-state index contributed by atoms with van der Waals surface area (Å²) in [6.07, 6.45) is -1.05. The first-order chi connectivity index (χ1) is 10.4. The van der Waals surface area contributed by atoms with Crippen molar-refractivity contribution in [1.82, 2.24) is 5.32 Å². The summed E-state index contributed by atoms with van der Waals surface area (Å²) in [5, 5.41) is 5.31. The molecular formula is C14H17ClN2O5. The van der Waals surface area contributed by atoms with Gasteiger partial charge in [0.2, 0.25) is 0 Å². The quantitative estimate of drug-likeness (QED) is 0.489. The van der Waals surface area contributed by atoms with Crippen LogP contribution in [0.2, 0.25) is 5.02 Å². The molecule has 0 atom stereocenters. The van der Waals surface area contributed by atoms with E-state index in [2.05, 4.69) is 10.6 Å². The lowest BCUT2D eigenvalue weighted by Gasteiger charge is -2.09. The highest BCUT2D eigenvalue weighted by Crippen LogP contribution is 2.13. The Morgan fingerprint density at radius 2 is 1.82 bits per heavy atom. The van der Waals surface area contributed by atoms with Crippen LogP contribution in [0.5, 0.6) is 0 Å². The Kier molecular flexibility index (Phi) is 7.18. The molecule has 1 aromatic carbocycles. The Bertz CT molecular complexity index is 531.